The van der Waals surface area contributed by atoms with E-state index in [-0.39, 0.29) is 11.9 Å². The molecule has 2 fully saturated rings. The fraction of sp³-hybridized carbons (Fsp3) is 0.933. The van der Waals surface area contributed by atoms with Crippen LogP contribution in [-0.4, -0.2) is 24.5 Å². The summed E-state index contributed by atoms with van der Waals surface area (Å²) in [5.74, 6) is 0.934. The zero-order chi connectivity index (χ0) is 12.8. The number of hydrogen-bond donors (Lipinski definition) is 2. The second-order valence-electron chi connectivity index (χ2n) is 6.05. The van der Waals surface area contributed by atoms with E-state index in [1.807, 2.05) is 0 Å². The maximum Gasteiger partial charge on any atom is 0.237 e. The number of amides is 1. The van der Waals surface area contributed by atoms with Crippen molar-refractivity contribution in [3.05, 3.63) is 0 Å². The molecule has 0 radical (unpaired) electrons. The van der Waals surface area contributed by atoms with E-state index in [0.717, 1.165) is 13.0 Å². The highest BCUT2D eigenvalue weighted by Crippen LogP contribution is 2.26. The Labute approximate surface area is 111 Å². The molecule has 104 valence electrons. The van der Waals surface area contributed by atoms with Gasteiger partial charge in [0.2, 0.25) is 5.91 Å². The first kappa shape index (κ1) is 13.9. The third-order valence-corrected chi connectivity index (χ3v) is 4.60. The smallest absolute Gasteiger partial charge is 0.237 e. The van der Waals surface area contributed by atoms with Crippen molar-refractivity contribution in [2.24, 2.45) is 5.92 Å². The van der Waals surface area contributed by atoms with Crippen LogP contribution in [0.4, 0.5) is 0 Å². The summed E-state index contributed by atoms with van der Waals surface area (Å²) in [5, 5.41) is 6.62. The van der Waals surface area contributed by atoms with Gasteiger partial charge in [0, 0.05) is 6.04 Å². The standard InChI is InChI=1S/C15H28N2O/c1-12(13-8-4-2-5-9-13)17-15(18)14-10-6-3-7-11-16-14/h12-14,16H,2-11H2,1H3,(H,17,18)/t12-,14?/m1/s1. The van der Waals surface area contributed by atoms with Gasteiger partial charge in [-0.3, -0.25) is 4.79 Å². The van der Waals surface area contributed by atoms with Gasteiger partial charge in [-0.05, 0) is 45.1 Å². The van der Waals surface area contributed by atoms with E-state index in [1.165, 1.54) is 51.4 Å². The Morgan fingerprint density at radius 1 is 1.06 bits per heavy atom. The van der Waals surface area contributed by atoms with Crippen molar-refractivity contribution in [2.75, 3.05) is 6.54 Å². The summed E-state index contributed by atoms with van der Waals surface area (Å²) in [5.41, 5.74) is 0. The lowest BCUT2D eigenvalue weighted by atomic mass is 9.84. The van der Waals surface area contributed by atoms with E-state index in [9.17, 15) is 4.79 Å². The molecule has 2 rings (SSSR count). The van der Waals surface area contributed by atoms with Crippen LogP contribution in [0, 0.1) is 5.92 Å². The van der Waals surface area contributed by atoms with Crippen LogP contribution in [0.2, 0.25) is 0 Å². The van der Waals surface area contributed by atoms with Crippen LogP contribution in [0.25, 0.3) is 0 Å². The van der Waals surface area contributed by atoms with Crippen molar-refractivity contribution in [3.63, 3.8) is 0 Å². The van der Waals surface area contributed by atoms with Crippen molar-refractivity contribution >= 4 is 5.91 Å². The Kier molecular flexibility index (Phi) is 5.48. The number of carbonyl (C=O) groups excluding carboxylic acids is 1. The molecule has 3 nitrogen and oxygen atoms in total. The minimum absolute atomic E-state index is 0.0542. The lowest BCUT2D eigenvalue weighted by Gasteiger charge is -2.29. The molecule has 2 atom stereocenters. The van der Waals surface area contributed by atoms with E-state index < -0.39 is 0 Å². The summed E-state index contributed by atoms with van der Waals surface area (Å²) >= 11 is 0. The SMILES string of the molecule is C[C@@H](NC(=O)C1CCCCCN1)C1CCCCC1. The van der Waals surface area contributed by atoms with Crippen LogP contribution in [0.5, 0.6) is 0 Å². The average molecular weight is 252 g/mol. The minimum Gasteiger partial charge on any atom is -0.352 e. The number of hydrogen-bond acceptors (Lipinski definition) is 2. The van der Waals surface area contributed by atoms with Gasteiger partial charge in [0.05, 0.1) is 6.04 Å². The highest BCUT2D eigenvalue weighted by atomic mass is 16.2. The minimum atomic E-state index is 0.0542. The number of carbonyl (C=O) groups is 1. The van der Waals surface area contributed by atoms with Gasteiger partial charge >= 0.3 is 0 Å². The molecule has 1 aliphatic heterocycles. The van der Waals surface area contributed by atoms with Gasteiger partial charge < -0.3 is 10.6 Å². The molecule has 0 aromatic carbocycles. The van der Waals surface area contributed by atoms with Gasteiger partial charge in [0.25, 0.3) is 0 Å². The first-order chi connectivity index (χ1) is 8.77. The van der Waals surface area contributed by atoms with Crippen molar-refractivity contribution in [1.82, 2.24) is 10.6 Å². The Bertz CT molecular complexity index is 253. The molecular weight excluding hydrogens is 224 g/mol. The van der Waals surface area contributed by atoms with Gasteiger partial charge in [0.15, 0.2) is 0 Å². The number of nitrogens with one attached hydrogen (secondary N) is 2. The molecule has 0 bridgehead atoms. The van der Waals surface area contributed by atoms with Crippen molar-refractivity contribution in [1.29, 1.82) is 0 Å². The molecule has 2 aliphatic rings. The van der Waals surface area contributed by atoms with Crippen LogP contribution in [-0.2, 0) is 4.79 Å². The molecular formula is C15H28N2O. The van der Waals surface area contributed by atoms with E-state index in [2.05, 4.69) is 17.6 Å². The lowest BCUT2D eigenvalue weighted by molar-refractivity contribution is -0.124. The predicted molar refractivity (Wildman–Crippen MR) is 74.4 cm³/mol. The molecule has 3 heteroatoms. The van der Waals surface area contributed by atoms with E-state index in [4.69, 9.17) is 0 Å². The maximum atomic E-state index is 12.2. The predicted octanol–water partition coefficient (Wildman–Crippen LogP) is 2.60. The second kappa shape index (κ2) is 7.13. The summed E-state index contributed by atoms with van der Waals surface area (Å²) in [6.07, 6.45) is 11.3. The molecule has 1 unspecified atom stereocenters. The fourth-order valence-corrected chi connectivity index (χ4v) is 3.33. The van der Waals surface area contributed by atoms with E-state index >= 15 is 0 Å². The first-order valence-electron chi connectivity index (χ1n) is 7.81. The highest BCUT2D eigenvalue weighted by molar-refractivity contribution is 5.82. The first-order valence-corrected chi connectivity index (χ1v) is 7.81. The van der Waals surface area contributed by atoms with Crippen LogP contribution >= 0.6 is 0 Å². The maximum absolute atomic E-state index is 12.2. The average Bonchev–Trinajstić information content (AvgIpc) is 2.68. The number of rotatable bonds is 3. The largest absolute Gasteiger partial charge is 0.352 e. The Morgan fingerprint density at radius 3 is 2.50 bits per heavy atom. The quantitative estimate of drug-likeness (QED) is 0.810. The highest BCUT2D eigenvalue weighted by Gasteiger charge is 2.25. The summed E-state index contributed by atoms with van der Waals surface area (Å²) < 4.78 is 0. The molecule has 0 aromatic rings. The third kappa shape index (κ3) is 3.98. The molecule has 18 heavy (non-hydrogen) atoms. The van der Waals surface area contributed by atoms with Gasteiger partial charge in [-0.2, -0.15) is 0 Å². The molecule has 1 saturated carbocycles. The van der Waals surface area contributed by atoms with Crippen LogP contribution in [0.3, 0.4) is 0 Å². The zero-order valence-corrected chi connectivity index (χ0v) is 11.7. The third-order valence-electron chi connectivity index (χ3n) is 4.60. The van der Waals surface area contributed by atoms with Gasteiger partial charge in [0.1, 0.15) is 0 Å². The van der Waals surface area contributed by atoms with E-state index in [1.54, 1.807) is 0 Å². The lowest BCUT2D eigenvalue weighted by Crippen LogP contribution is -2.48. The van der Waals surface area contributed by atoms with Crippen molar-refractivity contribution in [2.45, 2.75) is 76.8 Å². The topological polar surface area (TPSA) is 41.1 Å². The molecule has 1 heterocycles. The Hall–Kier alpha value is -0.570. The van der Waals surface area contributed by atoms with Gasteiger partial charge in [-0.15, -0.1) is 0 Å². The van der Waals surface area contributed by atoms with Crippen molar-refractivity contribution < 1.29 is 4.79 Å². The molecule has 1 aliphatic carbocycles. The van der Waals surface area contributed by atoms with Crippen LogP contribution < -0.4 is 10.6 Å². The van der Waals surface area contributed by atoms with Crippen LogP contribution in [0.15, 0.2) is 0 Å². The Balaban J connectivity index is 1.77. The summed E-state index contributed by atoms with van der Waals surface area (Å²) in [4.78, 5) is 12.2. The van der Waals surface area contributed by atoms with Gasteiger partial charge in [-0.1, -0.05) is 32.1 Å². The summed E-state index contributed by atoms with van der Waals surface area (Å²) in [6.45, 7) is 3.18. The molecule has 0 spiro atoms. The van der Waals surface area contributed by atoms with E-state index in [0.29, 0.717) is 12.0 Å². The summed E-state index contributed by atoms with van der Waals surface area (Å²) in [7, 11) is 0. The Morgan fingerprint density at radius 2 is 1.72 bits per heavy atom. The normalized spacial score (nSPS) is 28.4. The van der Waals surface area contributed by atoms with Crippen LogP contribution in [0.1, 0.15) is 64.7 Å². The van der Waals surface area contributed by atoms with Crippen molar-refractivity contribution in [3.8, 4) is 0 Å². The zero-order valence-electron chi connectivity index (χ0n) is 11.7. The summed E-state index contributed by atoms with van der Waals surface area (Å²) in [6, 6.07) is 0.404. The molecule has 2 N–H and O–H groups in total. The molecule has 1 saturated heterocycles. The monoisotopic (exact) mass is 252 g/mol. The second-order valence-corrected chi connectivity index (χ2v) is 6.05. The molecule has 0 aromatic heterocycles. The fourth-order valence-electron chi connectivity index (χ4n) is 3.33. The van der Waals surface area contributed by atoms with Gasteiger partial charge in [-0.25, -0.2) is 0 Å². The molecule has 1 amide bonds.